The minimum absolute atomic E-state index is 0.00705. The van der Waals surface area contributed by atoms with E-state index in [0.29, 0.717) is 18.9 Å². The number of anilines is 2. The van der Waals surface area contributed by atoms with Crippen molar-refractivity contribution in [3.8, 4) is 27.3 Å². The summed E-state index contributed by atoms with van der Waals surface area (Å²) < 4.78 is 54.2. The molecule has 3 aromatic carbocycles. The number of aromatic nitrogens is 3. The van der Waals surface area contributed by atoms with E-state index in [4.69, 9.17) is 35.5 Å². The third-order valence-electron chi connectivity index (χ3n) is 14.1. The summed E-state index contributed by atoms with van der Waals surface area (Å²) in [4.78, 5) is 74.6. The van der Waals surface area contributed by atoms with E-state index in [1.54, 1.807) is 49.6 Å². The number of halogens is 3. The first-order valence-electron chi connectivity index (χ1n) is 27.7. The van der Waals surface area contributed by atoms with Crippen molar-refractivity contribution in [1.29, 1.82) is 0 Å². The Labute approximate surface area is 491 Å². The smallest absolute Gasteiger partial charge is 0.410 e. The number of nitrogens with one attached hydrogen (secondary N) is 3. The van der Waals surface area contributed by atoms with Gasteiger partial charge in [-0.05, 0) is 69.4 Å². The Balaban J connectivity index is 0.819. The van der Waals surface area contributed by atoms with E-state index in [1.165, 1.54) is 28.0 Å². The summed E-state index contributed by atoms with van der Waals surface area (Å²) in [5.41, 5.74) is 2.27. The number of hydrogen-bond acceptors (Lipinski definition) is 18. The Hall–Kier alpha value is -6.38. The SMILES string of the molecule is Cc1ncsc1-c1ccc([C@H](C)NC(=O)[C@@H]2C[C@@H](O)CN2C(=O)[C@@H](NC(O)COCCOCCOCCN(C)C(=O)CCNc2nc(N3CCN(C(=O)OC(C)(C)C)CC3)c3cc(Cl)c(-c4c(O)cccc4F)c(F)c3n2)C(C)(C)C)cc1. The molecule has 83 heavy (non-hydrogen) atoms. The van der Waals surface area contributed by atoms with Gasteiger partial charge in [-0.3, -0.25) is 19.7 Å². The standard InChI is InChI=1S/C58H77ClF2N10O11S/c1-34(36-13-15-37(16-14-36)50-35(2)63-33-83-50)64-53(76)42-29-38(72)31-71(42)54(77)51(57(3,4)5)65-44(74)32-81-28-27-80-26-25-79-24-23-68(9)45(75)17-18-62-55-66-49-39(30-40(59)46(48(49)61)47-41(60)11-10-12-43(47)73)52(67-55)69-19-21-70(22-20-69)56(78)82-58(6,7)8/h10-16,30,33-34,38,42,44,51,65,72-74H,17-29,31-32H2,1-9H3,(H,64,76)(H,62,66,67)/t34-,38+,42-,44?,51+/m0/s1. The number of phenols is 1. The van der Waals surface area contributed by atoms with Crippen molar-refractivity contribution in [2.45, 2.75) is 104 Å². The first kappa shape index (κ1) is 64.2. The minimum atomic E-state index is -1.24. The van der Waals surface area contributed by atoms with Crippen LogP contribution >= 0.6 is 22.9 Å². The molecule has 21 nitrogen and oxygen atoms in total. The highest BCUT2D eigenvalue weighted by molar-refractivity contribution is 7.13. The zero-order chi connectivity index (χ0) is 60.3. The Morgan fingerprint density at radius 3 is 2.24 bits per heavy atom. The summed E-state index contributed by atoms with van der Waals surface area (Å²) in [5, 5.41) is 41.2. The first-order chi connectivity index (χ1) is 39.3. The average molecular weight is 1200 g/mol. The van der Waals surface area contributed by atoms with Crippen LogP contribution in [0.15, 0.2) is 54.0 Å². The number of aromatic hydroxyl groups is 1. The zero-order valence-corrected chi connectivity index (χ0v) is 50.0. The van der Waals surface area contributed by atoms with Crippen molar-refractivity contribution in [1.82, 2.24) is 40.3 Å². The molecule has 2 fully saturated rings. The second-order valence-corrected chi connectivity index (χ2v) is 24.0. The van der Waals surface area contributed by atoms with E-state index < -0.39 is 70.4 Å². The number of thiazole rings is 1. The van der Waals surface area contributed by atoms with Crippen LogP contribution in [0.4, 0.5) is 25.3 Å². The quantitative estimate of drug-likeness (QED) is 0.0272. The molecule has 0 saturated carbocycles. The summed E-state index contributed by atoms with van der Waals surface area (Å²) in [7, 11) is 1.63. The van der Waals surface area contributed by atoms with Crippen LogP contribution in [0, 0.1) is 24.0 Å². The molecular formula is C58H77ClF2N10O11S. The molecule has 0 bridgehead atoms. The predicted molar refractivity (Wildman–Crippen MR) is 312 cm³/mol. The van der Waals surface area contributed by atoms with Crippen LogP contribution in [-0.4, -0.2) is 191 Å². The topological polar surface area (TPSA) is 254 Å². The number of amides is 4. The van der Waals surface area contributed by atoms with E-state index in [-0.39, 0.29) is 131 Å². The number of β-amino-alcohol motifs (C(OH)–C–C–N with tert-alkyl or cyclic N) is 1. The average Bonchev–Trinajstić information content (AvgIpc) is 2.55. The Kier molecular flexibility index (Phi) is 22.0. The molecular weight excluding hydrogens is 1120 g/mol. The summed E-state index contributed by atoms with van der Waals surface area (Å²) in [5.74, 6) is -3.16. The number of hydrogen-bond donors (Lipinski definition) is 6. The van der Waals surface area contributed by atoms with Crippen LogP contribution < -0.4 is 20.9 Å². The third-order valence-corrected chi connectivity index (χ3v) is 15.4. The highest BCUT2D eigenvalue weighted by Gasteiger charge is 2.45. The lowest BCUT2D eigenvalue weighted by Gasteiger charge is -2.36. The van der Waals surface area contributed by atoms with E-state index >= 15 is 8.78 Å². The maximum atomic E-state index is 16.6. The molecule has 4 heterocycles. The molecule has 2 aromatic heterocycles. The maximum absolute atomic E-state index is 16.6. The summed E-state index contributed by atoms with van der Waals surface area (Å²) in [6.07, 6.45) is -2.52. The molecule has 452 valence electrons. The number of rotatable bonds is 24. The number of fused-ring (bicyclic) bond motifs is 1. The van der Waals surface area contributed by atoms with Gasteiger partial charge < -0.3 is 64.5 Å². The second-order valence-electron chi connectivity index (χ2n) is 22.7. The number of piperazine rings is 1. The van der Waals surface area contributed by atoms with Gasteiger partial charge in [0.05, 0.1) is 84.5 Å². The fourth-order valence-corrected chi connectivity index (χ4v) is 10.7. The number of likely N-dealkylation sites (tertiary alicyclic amines) is 1. The molecule has 4 amide bonds. The van der Waals surface area contributed by atoms with Gasteiger partial charge in [-0.2, -0.15) is 4.98 Å². The predicted octanol–water partition coefficient (Wildman–Crippen LogP) is 6.90. The lowest BCUT2D eigenvalue weighted by molar-refractivity contribution is -0.144. The van der Waals surface area contributed by atoms with Crippen molar-refractivity contribution >= 4 is 69.4 Å². The molecule has 0 radical (unpaired) electrons. The van der Waals surface area contributed by atoms with Gasteiger partial charge in [0, 0.05) is 76.7 Å². The molecule has 0 aliphatic carbocycles. The van der Waals surface area contributed by atoms with Crippen molar-refractivity contribution < 1.29 is 62.2 Å². The highest BCUT2D eigenvalue weighted by Crippen LogP contribution is 2.43. The van der Waals surface area contributed by atoms with Gasteiger partial charge in [-0.25, -0.2) is 23.5 Å². The van der Waals surface area contributed by atoms with Crippen molar-refractivity contribution in [3.05, 3.63) is 82.0 Å². The fourth-order valence-electron chi connectivity index (χ4n) is 9.65. The number of benzene rings is 3. The fraction of sp³-hybridized carbons (Fsp3) is 0.534. The van der Waals surface area contributed by atoms with Gasteiger partial charge in [-0.15, -0.1) is 11.3 Å². The Bertz CT molecular complexity index is 3030. The minimum Gasteiger partial charge on any atom is -0.507 e. The number of aliphatic hydroxyl groups is 2. The van der Waals surface area contributed by atoms with Gasteiger partial charge in [0.15, 0.2) is 5.82 Å². The van der Waals surface area contributed by atoms with Crippen LogP contribution in [0.3, 0.4) is 0 Å². The number of phenolic OH excluding ortho intramolecular Hbond substituents is 1. The number of carbonyl (C=O) groups is 4. The first-order valence-corrected chi connectivity index (χ1v) is 28.9. The van der Waals surface area contributed by atoms with Crippen molar-refractivity contribution in [3.63, 3.8) is 0 Å². The van der Waals surface area contributed by atoms with Crippen molar-refractivity contribution in [2.75, 3.05) is 103 Å². The number of likely N-dealkylation sites (N-methyl/N-ethyl adjacent to an activating group) is 1. The van der Waals surface area contributed by atoms with Gasteiger partial charge in [0.25, 0.3) is 0 Å². The van der Waals surface area contributed by atoms with E-state index in [1.807, 2.05) is 63.8 Å². The van der Waals surface area contributed by atoms with Crippen LogP contribution in [0.25, 0.3) is 32.5 Å². The van der Waals surface area contributed by atoms with Gasteiger partial charge in [-0.1, -0.05) is 62.7 Å². The zero-order valence-electron chi connectivity index (χ0n) is 48.5. The number of aliphatic hydroxyl groups excluding tert-OH is 2. The lowest BCUT2D eigenvalue weighted by Crippen LogP contribution is -2.59. The molecule has 0 spiro atoms. The van der Waals surface area contributed by atoms with Crippen LogP contribution in [0.2, 0.25) is 5.02 Å². The highest BCUT2D eigenvalue weighted by atomic mass is 35.5. The van der Waals surface area contributed by atoms with Gasteiger partial charge >= 0.3 is 6.09 Å². The second kappa shape index (κ2) is 28.5. The summed E-state index contributed by atoms with van der Waals surface area (Å²) >= 11 is 8.18. The maximum Gasteiger partial charge on any atom is 0.410 e. The van der Waals surface area contributed by atoms with Crippen LogP contribution in [0.5, 0.6) is 5.75 Å². The lowest BCUT2D eigenvalue weighted by atomic mass is 9.85. The molecule has 7 rings (SSSR count). The molecule has 2 saturated heterocycles. The normalized spacial score (nSPS) is 16.9. The number of nitrogens with zero attached hydrogens (tertiary/aromatic N) is 7. The summed E-state index contributed by atoms with van der Waals surface area (Å²) in [6, 6.07) is 10.7. The van der Waals surface area contributed by atoms with E-state index in [2.05, 4.69) is 25.9 Å². The largest absolute Gasteiger partial charge is 0.507 e. The monoisotopic (exact) mass is 1190 g/mol. The number of carbonyl (C=O) groups excluding carboxylic acids is 4. The number of ether oxygens (including phenoxy) is 4. The molecule has 25 heteroatoms. The van der Waals surface area contributed by atoms with Crippen LogP contribution in [-0.2, 0) is 33.3 Å². The molecule has 5 atom stereocenters. The van der Waals surface area contributed by atoms with Gasteiger partial charge in [0.1, 0.15) is 40.8 Å². The van der Waals surface area contributed by atoms with Crippen LogP contribution in [0.1, 0.15) is 78.6 Å². The van der Waals surface area contributed by atoms with E-state index in [0.717, 1.165) is 27.8 Å². The molecule has 6 N–H and O–H groups in total. The Morgan fingerprint density at radius 1 is 0.928 bits per heavy atom. The molecule has 1 unspecified atom stereocenters. The molecule has 2 aliphatic heterocycles. The molecule has 2 aliphatic rings. The Morgan fingerprint density at radius 2 is 1.60 bits per heavy atom. The van der Waals surface area contributed by atoms with Gasteiger partial charge in [0.2, 0.25) is 23.7 Å². The molecule has 5 aromatic rings. The summed E-state index contributed by atoms with van der Waals surface area (Å²) in [6.45, 7) is 16.9. The third kappa shape index (κ3) is 16.9. The number of aryl methyl sites for hydroxylation is 1. The van der Waals surface area contributed by atoms with E-state index in [9.17, 15) is 34.5 Å². The van der Waals surface area contributed by atoms with Crippen molar-refractivity contribution in [2.24, 2.45) is 5.41 Å².